The van der Waals surface area contributed by atoms with E-state index >= 15 is 0 Å². The van der Waals surface area contributed by atoms with Gasteiger partial charge in [-0.25, -0.2) is 0 Å². The molecule has 0 spiro atoms. The smallest absolute Gasteiger partial charge is 0.186 e. The molecular formula is C12H12O2Rh. The number of rotatable bonds is 1. The van der Waals surface area contributed by atoms with E-state index in [2.05, 4.69) is 0 Å². The van der Waals surface area contributed by atoms with Crippen molar-refractivity contribution < 1.29 is 29.7 Å². The van der Waals surface area contributed by atoms with E-state index in [-0.39, 0.29) is 25.9 Å². The Morgan fingerprint density at radius 1 is 1.07 bits per heavy atom. The maximum Gasteiger partial charge on any atom is 0.186 e. The number of hydrogen-bond acceptors (Lipinski definition) is 2. The molecule has 0 saturated carbocycles. The molecule has 0 aliphatic heterocycles. The topological polar surface area (TPSA) is 40.5 Å². The maximum atomic E-state index is 9.26. The van der Waals surface area contributed by atoms with Crippen LogP contribution in [0.1, 0.15) is 12.0 Å². The van der Waals surface area contributed by atoms with E-state index in [1.807, 2.05) is 36.4 Å². The molecule has 1 aliphatic rings. The minimum absolute atomic E-state index is 0. The molecule has 3 heteroatoms. The van der Waals surface area contributed by atoms with Crippen LogP contribution in [-0.4, -0.2) is 16.0 Å². The molecule has 15 heavy (non-hydrogen) atoms. The number of aliphatic hydroxyl groups is 2. The molecular weight excluding hydrogens is 279 g/mol. The first-order chi connectivity index (χ1) is 6.67. The summed E-state index contributed by atoms with van der Waals surface area (Å²) in [7, 11) is 0. The molecule has 2 N–H and O–H groups in total. The van der Waals surface area contributed by atoms with Crippen LogP contribution in [0.5, 0.6) is 0 Å². The minimum Gasteiger partial charge on any atom is -0.362 e. The molecule has 0 unspecified atom stereocenters. The van der Waals surface area contributed by atoms with Crippen LogP contribution in [0.25, 0.3) is 5.57 Å². The average Bonchev–Trinajstić information content (AvgIpc) is 2.19. The second-order valence-corrected chi connectivity index (χ2v) is 3.44. The van der Waals surface area contributed by atoms with E-state index in [0.717, 1.165) is 11.1 Å². The fourth-order valence-electron chi connectivity index (χ4n) is 1.46. The van der Waals surface area contributed by atoms with E-state index in [9.17, 15) is 10.2 Å². The Labute approximate surface area is 102 Å². The Morgan fingerprint density at radius 2 is 1.73 bits per heavy atom. The van der Waals surface area contributed by atoms with E-state index in [0.29, 0.717) is 0 Å². The maximum absolute atomic E-state index is 9.26. The largest absolute Gasteiger partial charge is 0.362 e. The minimum atomic E-state index is -1.67. The molecule has 1 radical (unpaired) electrons. The van der Waals surface area contributed by atoms with Crippen molar-refractivity contribution in [2.75, 3.05) is 0 Å². The molecule has 0 bridgehead atoms. The van der Waals surface area contributed by atoms with E-state index < -0.39 is 5.79 Å². The molecule has 0 atom stereocenters. The molecule has 2 rings (SSSR count). The van der Waals surface area contributed by atoms with Gasteiger partial charge in [0.15, 0.2) is 5.79 Å². The van der Waals surface area contributed by atoms with Gasteiger partial charge >= 0.3 is 0 Å². The summed E-state index contributed by atoms with van der Waals surface area (Å²) in [5.41, 5.74) is 2.13. The van der Waals surface area contributed by atoms with Gasteiger partial charge in [0, 0.05) is 25.9 Å². The zero-order chi connectivity index (χ0) is 10.0. The van der Waals surface area contributed by atoms with Gasteiger partial charge in [-0.15, -0.1) is 0 Å². The van der Waals surface area contributed by atoms with E-state index in [4.69, 9.17) is 0 Å². The number of benzene rings is 1. The third-order valence-electron chi connectivity index (χ3n) is 2.26. The average molecular weight is 291 g/mol. The van der Waals surface area contributed by atoms with Crippen molar-refractivity contribution in [3.63, 3.8) is 0 Å². The van der Waals surface area contributed by atoms with Crippen molar-refractivity contribution in [3.05, 3.63) is 54.1 Å². The van der Waals surface area contributed by atoms with Crippen LogP contribution >= 0.6 is 0 Å². The van der Waals surface area contributed by atoms with Crippen molar-refractivity contribution in [2.24, 2.45) is 0 Å². The molecule has 0 saturated heterocycles. The van der Waals surface area contributed by atoms with Crippen molar-refractivity contribution in [1.29, 1.82) is 0 Å². The zero-order valence-corrected chi connectivity index (χ0v) is 9.69. The Kier molecular flexibility index (Phi) is 3.98. The van der Waals surface area contributed by atoms with Gasteiger partial charge < -0.3 is 10.2 Å². The van der Waals surface area contributed by atoms with Gasteiger partial charge in [0.2, 0.25) is 0 Å². The van der Waals surface area contributed by atoms with Crippen LogP contribution in [0.3, 0.4) is 0 Å². The van der Waals surface area contributed by atoms with Crippen LogP contribution in [0, 0.1) is 0 Å². The van der Waals surface area contributed by atoms with Gasteiger partial charge in [-0.05, 0) is 17.2 Å². The molecule has 0 heterocycles. The number of hydrogen-bond donors (Lipinski definition) is 2. The predicted octanol–water partition coefficient (Wildman–Crippen LogP) is 1.71. The van der Waals surface area contributed by atoms with Gasteiger partial charge in [0.1, 0.15) is 0 Å². The second kappa shape index (κ2) is 4.84. The standard InChI is InChI=1S/C12H12O2.Rh/c13-12(14)8-6-11(7-9-12)10-4-2-1-3-5-10;/h1-8,13-14H,9H2;. The molecule has 0 amide bonds. The summed E-state index contributed by atoms with van der Waals surface area (Å²) in [5.74, 6) is -1.67. The first-order valence-electron chi connectivity index (χ1n) is 4.57. The summed E-state index contributed by atoms with van der Waals surface area (Å²) in [6.07, 6.45) is 5.22. The summed E-state index contributed by atoms with van der Waals surface area (Å²) in [6.45, 7) is 0. The normalized spacial score (nSPS) is 17.9. The number of allylic oxidation sites excluding steroid dienone is 2. The van der Waals surface area contributed by atoms with Crippen molar-refractivity contribution >= 4 is 5.57 Å². The van der Waals surface area contributed by atoms with Crippen LogP contribution in [0.2, 0.25) is 0 Å². The van der Waals surface area contributed by atoms with E-state index in [1.165, 1.54) is 6.08 Å². The molecule has 1 aromatic carbocycles. The van der Waals surface area contributed by atoms with Crippen LogP contribution in [0.15, 0.2) is 48.6 Å². The fraction of sp³-hybridized carbons (Fsp3) is 0.167. The van der Waals surface area contributed by atoms with Crippen LogP contribution in [-0.2, 0) is 19.5 Å². The quantitative estimate of drug-likeness (QED) is 0.611. The first kappa shape index (κ1) is 12.3. The second-order valence-electron chi connectivity index (χ2n) is 3.44. The molecule has 81 valence electrons. The van der Waals surface area contributed by atoms with Gasteiger partial charge in [-0.1, -0.05) is 42.5 Å². The summed E-state index contributed by atoms with van der Waals surface area (Å²) >= 11 is 0. The van der Waals surface area contributed by atoms with Crippen molar-refractivity contribution in [2.45, 2.75) is 12.2 Å². The van der Waals surface area contributed by atoms with E-state index in [1.54, 1.807) is 6.08 Å². The van der Waals surface area contributed by atoms with Gasteiger partial charge in [0.25, 0.3) is 0 Å². The molecule has 0 fully saturated rings. The third-order valence-corrected chi connectivity index (χ3v) is 2.26. The molecule has 2 nitrogen and oxygen atoms in total. The van der Waals surface area contributed by atoms with Crippen LogP contribution < -0.4 is 0 Å². The molecule has 0 aromatic heterocycles. The summed E-state index contributed by atoms with van der Waals surface area (Å²) in [6, 6.07) is 9.88. The predicted molar refractivity (Wildman–Crippen MR) is 55.3 cm³/mol. The third kappa shape index (κ3) is 3.10. The fourth-order valence-corrected chi connectivity index (χ4v) is 1.46. The summed E-state index contributed by atoms with van der Waals surface area (Å²) in [5, 5.41) is 18.5. The summed E-state index contributed by atoms with van der Waals surface area (Å²) in [4.78, 5) is 0. The molecule has 1 aromatic rings. The zero-order valence-electron chi connectivity index (χ0n) is 8.05. The first-order valence-corrected chi connectivity index (χ1v) is 4.57. The Morgan fingerprint density at radius 3 is 2.27 bits per heavy atom. The van der Waals surface area contributed by atoms with Crippen LogP contribution in [0.4, 0.5) is 0 Å². The van der Waals surface area contributed by atoms with Gasteiger partial charge in [-0.3, -0.25) is 0 Å². The van der Waals surface area contributed by atoms with Gasteiger partial charge in [-0.2, -0.15) is 0 Å². The Balaban J connectivity index is 0.00000112. The van der Waals surface area contributed by atoms with Gasteiger partial charge in [0.05, 0.1) is 0 Å². The summed E-state index contributed by atoms with van der Waals surface area (Å²) < 4.78 is 0. The van der Waals surface area contributed by atoms with Crippen molar-refractivity contribution in [3.8, 4) is 0 Å². The SMILES string of the molecule is OC1(O)C=CC(c2ccccc2)=CC1.[Rh]. The van der Waals surface area contributed by atoms with Crippen molar-refractivity contribution in [1.82, 2.24) is 0 Å². The molecule has 1 aliphatic carbocycles. The Hall–Kier alpha value is -0.757. The Bertz CT molecular complexity index is 380. The monoisotopic (exact) mass is 291 g/mol.